The molecule has 0 spiro atoms. The average Bonchev–Trinajstić information content (AvgIpc) is 2.44. The van der Waals surface area contributed by atoms with E-state index in [1.54, 1.807) is 0 Å². The lowest BCUT2D eigenvalue weighted by Crippen LogP contribution is -2.11. The zero-order valence-corrected chi connectivity index (χ0v) is 13.4. The highest BCUT2D eigenvalue weighted by molar-refractivity contribution is 5.51. The van der Waals surface area contributed by atoms with Gasteiger partial charge in [0.2, 0.25) is 0 Å². The van der Waals surface area contributed by atoms with Crippen molar-refractivity contribution >= 4 is 6.08 Å². The summed E-state index contributed by atoms with van der Waals surface area (Å²) in [5.74, 6) is 0.895. The van der Waals surface area contributed by atoms with Crippen LogP contribution < -0.4 is 4.74 Å². The highest BCUT2D eigenvalue weighted by atomic mass is 16.5. The van der Waals surface area contributed by atoms with Gasteiger partial charge in [0.25, 0.3) is 0 Å². The van der Waals surface area contributed by atoms with E-state index in [0.717, 1.165) is 11.3 Å². The van der Waals surface area contributed by atoms with Crippen LogP contribution in [0.25, 0.3) is 6.08 Å². The minimum absolute atomic E-state index is 0.162. The number of aryl methyl sites for hydroxylation is 1. The molecule has 0 fully saturated rings. The number of benzene rings is 2. The molecule has 0 amide bonds. The first-order chi connectivity index (χ1) is 9.88. The van der Waals surface area contributed by atoms with Gasteiger partial charge in [-0.05, 0) is 46.7 Å². The van der Waals surface area contributed by atoms with E-state index < -0.39 is 0 Å². The van der Waals surface area contributed by atoms with Gasteiger partial charge in [-0.25, -0.2) is 0 Å². The summed E-state index contributed by atoms with van der Waals surface area (Å²) in [6.45, 7) is 13.1. The zero-order chi connectivity index (χ0) is 15.5. The van der Waals surface area contributed by atoms with E-state index in [4.69, 9.17) is 4.74 Å². The van der Waals surface area contributed by atoms with Gasteiger partial charge in [0.05, 0.1) is 0 Å². The third-order valence-electron chi connectivity index (χ3n) is 3.51. The monoisotopic (exact) mass is 280 g/mol. The molecule has 0 aliphatic rings. The standard InChI is InChI=1S/C20H24O/c1-6-16-10-15(2)11-19(13-16)21-14-17-8-7-9-18(12-17)20(3,4)5/h6-13H,1,14H2,2-5H3. The summed E-state index contributed by atoms with van der Waals surface area (Å²) in [6.07, 6.45) is 1.85. The maximum atomic E-state index is 5.94. The molecule has 0 saturated carbocycles. The van der Waals surface area contributed by atoms with E-state index in [-0.39, 0.29) is 5.41 Å². The second-order valence-electron chi connectivity index (χ2n) is 6.52. The number of ether oxygens (including phenoxy) is 1. The maximum Gasteiger partial charge on any atom is 0.120 e. The molecule has 2 rings (SSSR count). The molecule has 1 heteroatoms. The quantitative estimate of drug-likeness (QED) is 0.717. The second kappa shape index (κ2) is 6.17. The van der Waals surface area contributed by atoms with Crippen molar-refractivity contribution < 1.29 is 4.74 Å². The average molecular weight is 280 g/mol. The van der Waals surface area contributed by atoms with Gasteiger partial charge in [-0.1, -0.05) is 63.8 Å². The summed E-state index contributed by atoms with van der Waals surface area (Å²) in [6, 6.07) is 14.8. The molecule has 110 valence electrons. The van der Waals surface area contributed by atoms with E-state index in [2.05, 4.69) is 70.7 Å². The number of rotatable bonds is 4. The minimum Gasteiger partial charge on any atom is -0.489 e. The van der Waals surface area contributed by atoms with Gasteiger partial charge in [0.15, 0.2) is 0 Å². The van der Waals surface area contributed by atoms with Gasteiger partial charge in [-0.15, -0.1) is 0 Å². The van der Waals surface area contributed by atoms with Gasteiger partial charge >= 0.3 is 0 Å². The SMILES string of the molecule is C=Cc1cc(C)cc(OCc2cccc(C(C)(C)C)c2)c1. The van der Waals surface area contributed by atoms with Crippen LogP contribution >= 0.6 is 0 Å². The smallest absolute Gasteiger partial charge is 0.120 e. The molecule has 0 N–H and O–H groups in total. The lowest BCUT2D eigenvalue weighted by atomic mass is 9.86. The molecular weight excluding hydrogens is 256 g/mol. The van der Waals surface area contributed by atoms with Crippen LogP contribution in [0.1, 0.15) is 43.0 Å². The molecule has 0 radical (unpaired) electrons. The van der Waals surface area contributed by atoms with E-state index in [0.29, 0.717) is 6.61 Å². The summed E-state index contributed by atoms with van der Waals surface area (Å²) in [7, 11) is 0. The normalized spacial score (nSPS) is 11.2. The van der Waals surface area contributed by atoms with Gasteiger partial charge in [0.1, 0.15) is 12.4 Å². The van der Waals surface area contributed by atoms with E-state index >= 15 is 0 Å². The Kier molecular flexibility index (Phi) is 4.52. The fourth-order valence-electron chi connectivity index (χ4n) is 2.27. The molecular formula is C20H24O. The molecule has 0 atom stereocenters. The predicted molar refractivity (Wildman–Crippen MR) is 90.7 cm³/mol. The largest absolute Gasteiger partial charge is 0.489 e. The molecule has 2 aromatic rings. The molecule has 0 heterocycles. The van der Waals surface area contributed by atoms with Crippen LogP contribution in [0.15, 0.2) is 49.0 Å². The molecule has 0 aliphatic heterocycles. The van der Waals surface area contributed by atoms with E-state index in [1.807, 2.05) is 12.1 Å². The highest BCUT2D eigenvalue weighted by Crippen LogP contribution is 2.24. The molecule has 0 bridgehead atoms. The first-order valence-electron chi connectivity index (χ1n) is 7.35. The van der Waals surface area contributed by atoms with Crippen LogP contribution in [-0.4, -0.2) is 0 Å². The Balaban J connectivity index is 2.13. The Hall–Kier alpha value is -2.02. The number of hydrogen-bond acceptors (Lipinski definition) is 1. The fraction of sp³-hybridized carbons (Fsp3) is 0.300. The minimum atomic E-state index is 0.162. The summed E-state index contributed by atoms with van der Waals surface area (Å²) >= 11 is 0. The zero-order valence-electron chi connectivity index (χ0n) is 13.4. The summed E-state index contributed by atoms with van der Waals surface area (Å²) < 4.78 is 5.94. The van der Waals surface area contributed by atoms with Gasteiger partial charge in [-0.2, -0.15) is 0 Å². The Labute approximate surface area is 128 Å². The van der Waals surface area contributed by atoms with Crippen LogP contribution in [0.4, 0.5) is 0 Å². The lowest BCUT2D eigenvalue weighted by Gasteiger charge is -2.20. The topological polar surface area (TPSA) is 9.23 Å². The molecule has 21 heavy (non-hydrogen) atoms. The summed E-state index contributed by atoms with van der Waals surface area (Å²) in [5.41, 5.74) is 4.97. The van der Waals surface area contributed by atoms with Crippen molar-refractivity contribution in [3.63, 3.8) is 0 Å². The fourth-order valence-corrected chi connectivity index (χ4v) is 2.27. The lowest BCUT2D eigenvalue weighted by molar-refractivity contribution is 0.305. The molecule has 0 aliphatic carbocycles. The molecule has 0 saturated heterocycles. The van der Waals surface area contributed by atoms with Crippen molar-refractivity contribution in [1.82, 2.24) is 0 Å². The number of hydrogen-bond donors (Lipinski definition) is 0. The van der Waals surface area contributed by atoms with Crippen LogP contribution in [0, 0.1) is 6.92 Å². The molecule has 1 nitrogen and oxygen atoms in total. The molecule has 2 aromatic carbocycles. The molecule has 0 aromatic heterocycles. The Bertz CT molecular complexity index is 633. The van der Waals surface area contributed by atoms with Crippen molar-refractivity contribution in [2.75, 3.05) is 0 Å². The summed E-state index contributed by atoms with van der Waals surface area (Å²) in [4.78, 5) is 0. The van der Waals surface area contributed by atoms with Crippen LogP contribution in [0.3, 0.4) is 0 Å². The van der Waals surface area contributed by atoms with Crippen LogP contribution in [0.2, 0.25) is 0 Å². The Morgan fingerprint density at radius 2 is 1.86 bits per heavy atom. The predicted octanol–water partition coefficient (Wildman–Crippen LogP) is 5.51. The van der Waals surface area contributed by atoms with E-state index in [9.17, 15) is 0 Å². The van der Waals surface area contributed by atoms with Crippen molar-refractivity contribution in [1.29, 1.82) is 0 Å². The van der Waals surface area contributed by atoms with E-state index in [1.165, 1.54) is 16.7 Å². The van der Waals surface area contributed by atoms with Crippen molar-refractivity contribution in [2.24, 2.45) is 0 Å². The molecule has 0 unspecified atom stereocenters. The van der Waals surface area contributed by atoms with Crippen LogP contribution in [-0.2, 0) is 12.0 Å². The van der Waals surface area contributed by atoms with Crippen molar-refractivity contribution in [3.8, 4) is 5.75 Å². The maximum absolute atomic E-state index is 5.94. The second-order valence-corrected chi connectivity index (χ2v) is 6.52. The van der Waals surface area contributed by atoms with Gasteiger partial charge < -0.3 is 4.74 Å². The summed E-state index contributed by atoms with van der Waals surface area (Å²) in [5, 5.41) is 0. The Morgan fingerprint density at radius 1 is 1.10 bits per heavy atom. The third-order valence-corrected chi connectivity index (χ3v) is 3.51. The first-order valence-corrected chi connectivity index (χ1v) is 7.35. The van der Waals surface area contributed by atoms with Gasteiger partial charge in [0, 0.05) is 0 Å². The Morgan fingerprint density at radius 3 is 2.52 bits per heavy atom. The third kappa shape index (κ3) is 4.22. The first kappa shape index (κ1) is 15.4. The highest BCUT2D eigenvalue weighted by Gasteiger charge is 2.13. The van der Waals surface area contributed by atoms with Crippen molar-refractivity contribution in [2.45, 2.75) is 39.7 Å². The van der Waals surface area contributed by atoms with Crippen molar-refractivity contribution in [3.05, 3.63) is 71.3 Å². The van der Waals surface area contributed by atoms with Gasteiger partial charge in [-0.3, -0.25) is 0 Å². The van der Waals surface area contributed by atoms with Crippen LogP contribution in [0.5, 0.6) is 5.75 Å².